The first-order valence-corrected chi connectivity index (χ1v) is 5.99. The molecule has 0 aliphatic carbocycles. The van der Waals surface area contributed by atoms with Crippen LogP contribution in [0.2, 0.25) is 0 Å². The summed E-state index contributed by atoms with van der Waals surface area (Å²) in [7, 11) is 0. The molecule has 1 aliphatic heterocycles. The molecule has 1 saturated heterocycles. The van der Waals surface area contributed by atoms with Gasteiger partial charge in [-0.15, -0.1) is 0 Å². The summed E-state index contributed by atoms with van der Waals surface area (Å²) in [6.45, 7) is 1.45. The zero-order valence-electron chi connectivity index (χ0n) is 10.3. The topological polar surface area (TPSA) is 56.7 Å². The van der Waals surface area contributed by atoms with Crippen LogP contribution in [-0.2, 0) is 4.79 Å². The number of anilines is 1. The molecule has 0 atom stereocenters. The SMILES string of the molecule is O=C(CO)N1CCN(c2cc(C(F)F)ccn2)CC1. The predicted molar refractivity (Wildman–Crippen MR) is 65.1 cm³/mol. The molecule has 1 aliphatic rings. The average molecular weight is 271 g/mol. The maximum absolute atomic E-state index is 12.6. The van der Waals surface area contributed by atoms with Gasteiger partial charge in [0.25, 0.3) is 6.43 Å². The molecular formula is C12H15F2N3O2. The third kappa shape index (κ3) is 3.17. The number of alkyl halides is 2. The Morgan fingerprint density at radius 1 is 1.37 bits per heavy atom. The number of hydrogen-bond donors (Lipinski definition) is 1. The van der Waals surface area contributed by atoms with Crippen LogP contribution >= 0.6 is 0 Å². The molecule has 1 aromatic heterocycles. The predicted octanol–water partition coefficient (Wildman–Crippen LogP) is 0.660. The lowest BCUT2D eigenvalue weighted by Crippen LogP contribution is -2.49. The lowest BCUT2D eigenvalue weighted by Gasteiger charge is -2.35. The van der Waals surface area contributed by atoms with Crippen LogP contribution in [-0.4, -0.2) is 53.7 Å². The van der Waals surface area contributed by atoms with Gasteiger partial charge < -0.3 is 14.9 Å². The van der Waals surface area contributed by atoms with Crippen molar-refractivity contribution in [2.75, 3.05) is 37.7 Å². The molecule has 0 radical (unpaired) electrons. The van der Waals surface area contributed by atoms with E-state index in [0.717, 1.165) is 0 Å². The highest BCUT2D eigenvalue weighted by Crippen LogP contribution is 2.22. The van der Waals surface area contributed by atoms with Gasteiger partial charge in [-0.25, -0.2) is 13.8 Å². The fraction of sp³-hybridized carbons (Fsp3) is 0.500. The Balaban J connectivity index is 2.01. The molecule has 1 amide bonds. The molecule has 104 valence electrons. The second-order valence-corrected chi connectivity index (χ2v) is 4.27. The van der Waals surface area contributed by atoms with Crippen molar-refractivity contribution in [3.8, 4) is 0 Å². The molecule has 2 rings (SSSR count). The highest BCUT2D eigenvalue weighted by atomic mass is 19.3. The van der Waals surface area contributed by atoms with E-state index in [1.807, 2.05) is 4.90 Å². The van der Waals surface area contributed by atoms with Gasteiger partial charge >= 0.3 is 0 Å². The molecule has 1 N–H and O–H groups in total. The number of rotatable bonds is 3. The molecule has 0 aromatic carbocycles. The Morgan fingerprint density at radius 2 is 2.05 bits per heavy atom. The largest absolute Gasteiger partial charge is 0.387 e. The summed E-state index contributed by atoms with van der Waals surface area (Å²) in [6.07, 6.45) is -1.15. The monoisotopic (exact) mass is 271 g/mol. The van der Waals surface area contributed by atoms with E-state index < -0.39 is 13.0 Å². The standard InChI is InChI=1S/C12H15F2N3O2/c13-12(14)9-1-2-15-10(7-9)16-3-5-17(6-4-16)11(19)8-18/h1-2,7,12,18H,3-6,8H2. The normalized spacial score (nSPS) is 16.0. The Kier molecular flexibility index (Phi) is 4.26. The van der Waals surface area contributed by atoms with Gasteiger partial charge in [-0.1, -0.05) is 0 Å². The number of carbonyl (C=O) groups is 1. The molecule has 0 spiro atoms. The molecule has 7 heteroatoms. The number of nitrogens with zero attached hydrogens (tertiary/aromatic N) is 3. The Morgan fingerprint density at radius 3 is 2.63 bits per heavy atom. The summed E-state index contributed by atoms with van der Waals surface area (Å²) in [4.78, 5) is 18.8. The van der Waals surface area contributed by atoms with Gasteiger partial charge in [0.1, 0.15) is 12.4 Å². The molecule has 2 heterocycles. The first-order valence-electron chi connectivity index (χ1n) is 5.99. The number of aliphatic hydroxyl groups excluding tert-OH is 1. The van der Waals surface area contributed by atoms with Crippen molar-refractivity contribution in [3.05, 3.63) is 23.9 Å². The van der Waals surface area contributed by atoms with Crippen molar-refractivity contribution in [1.82, 2.24) is 9.88 Å². The van der Waals surface area contributed by atoms with Crippen LogP contribution in [0.3, 0.4) is 0 Å². The lowest BCUT2D eigenvalue weighted by atomic mass is 10.2. The average Bonchev–Trinajstić information content (AvgIpc) is 2.46. The summed E-state index contributed by atoms with van der Waals surface area (Å²) < 4.78 is 25.2. The van der Waals surface area contributed by atoms with E-state index in [-0.39, 0.29) is 11.5 Å². The van der Waals surface area contributed by atoms with E-state index in [9.17, 15) is 13.6 Å². The van der Waals surface area contributed by atoms with Gasteiger partial charge in [0.2, 0.25) is 5.91 Å². The van der Waals surface area contributed by atoms with Crippen LogP contribution in [0.4, 0.5) is 14.6 Å². The number of pyridine rings is 1. The van der Waals surface area contributed by atoms with Crippen LogP contribution in [0.15, 0.2) is 18.3 Å². The number of hydrogen-bond acceptors (Lipinski definition) is 4. The zero-order valence-corrected chi connectivity index (χ0v) is 10.3. The number of carbonyl (C=O) groups excluding carboxylic acids is 1. The van der Waals surface area contributed by atoms with E-state index in [1.54, 1.807) is 4.90 Å². The van der Waals surface area contributed by atoms with Crippen molar-refractivity contribution in [2.24, 2.45) is 0 Å². The molecule has 0 saturated carbocycles. The van der Waals surface area contributed by atoms with Gasteiger partial charge in [0.15, 0.2) is 0 Å². The molecule has 1 aromatic rings. The second-order valence-electron chi connectivity index (χ2n) is 4.27. The maximum Gasteiger partial charge on any atom is 0.264 e. The summed E-state index contributed by atoms with van der Waals surface area (Å²) >= 11 is 0. The van der Waals surface area contributed by atoms with Gasteiger partial charge in [0, 0.05) is 37.9 Å². The molecule has 0 unspecified atom stereocenters. The Bertz CT molecular complexity index is 448. The number of amides is 1. The number of halogens is 2. The van der Waals surface area contributed by atoms with Crippen LogP contribution in [0.1, 0.15) is 12.0 Å². The summed E-state index contributed by atoms with van der Waals surface area (Å²) in [5.41, 5.74) is -0.0566. The van der Waals surface area contributed by atoms with Crippen molar-refractivity contribution < 1.29 is 18.7 Å². The van der Waals surface area contributed by atoms with Crippen molar-refractivity contribution >= 4 is 11.7 Å². The molecule has 19 heavy (non-hydrogen) atoms. The van der Waals surface area contributed by atoms with Gasteiger partial charge in [-0.05, 0) is 12.1 Å². The lowest BCUT2D eigenvalue weighted by molar-refractivity contribution is -0.134. The fourth-order valence-electron chi connectivity index (χ4n) is 2.03. The molecule has 5 nitrogen and oxygen atoms in total. The van der Waals surface area contributed by atoms with Crippen molar-refractivity contribution in [1.29, 1.82) is 0 Å². The fourth-order valence-corrected chi connectivity index (χ4v) is 2.03. The molecular weight excluding hydrogens is 256 g/mol. The second kappa shape index (κ2) is 5.92. The smallest absolute Gasteiger partial charge is 0.264 e. The van der Waals surface area contributed by atoms with Crippen LogP contribution in [0.5, 0.6) is 0 Å². The zero-order chi connectivity index (χ0) is 13.8. The quantitative estimate of drug-likeness (QED) is 0.877. The van der Waals surface area contributed by atoms with Gasteiger partial charge in [-0.3, -0.25) is 4.79 Å². The third-order valence-corrected chi connectivity index (χ3v) is 3.11. The minimum absolute atomic E-state index is 0.0566. The Hall–Kier alpha value is -1.76. The van der Waals surface area contributed by atoms with Gasteiger partial charge in [0.05, 0.1) is 0 Å². The number of piperazine rings is 1. The van der Waals surface area contributed by atoms with Crippen LogP contribution < -0.4 is 4.90 Å². The van der Waals surface area contributed by atoms with E-state index in [4.69, 9.17) is 5.11 Å². The van der Waals surface area contributed by atoms with E-state index in [2.05, 4.69) is 4.98 Å². The van der Waals surface area contributed by atoms with Gasteiger partial charge in [-0.2, -0.15) is 0 Å². The van der Waals surface area contributed by atoms with Crippen LogP contribution in [0.25, 0.3) is 0 Å². The Labute approximate surface area is 109 Å². The molecule has 1 fully saturated rings. The van der Waals surface area contributed by atoms with E-state index >= 15 is 0 Å². The minimum atomic E-state index is -2.51. The van der Waals surface area contributed by atoms with Crippen molar-refractivity contribution in [2.45, 2.75) is 6.43 Å². The van der Waals surface area contributed by atoms with E-state index in [1.165, 1.54) is 18.3 Å². The summed E-state index contributed by atoms with van der Waals surface area (Å²) in [5.74, 6) is 0.183. The highest BCUT2D eigenvalue weighted by molar-refractivity contribution is 5.77. The first-order chi connectivity index (χ1) is 9.11. The van der Waals surface area contributed by atoms with E-state index in [0.29, 0.717) is 32.0 Å². The summed E-state index contributed by atoms with van der Waals surface area (Å²) in [6, 6.07) is 2.66. The maximum atomic E-state index is 12.6. The highest BCUT2D eigenvalue weighted by Gasteiger charge is 2.21. The van der Waals surface area contributed by atoms with Crippen molar-refractivity contribution in [3.63, 3.8) is 0 Å². The number of aliphatic hydroxyl groups is 1. The third-order valence-electron chi connectivity index (χ3n) is 3.11. The minimum Gasteiger partial charge on any atom is -0.387 e. The molecule has 0 bridgehead atoms. The van der Waals surface area contributed by atoms with Crippen LogP contribution in [0, 0.1) is 0 Å². The first kappa shape index (κ1) is 13.7. The summed E-state index contributed by atoms with van der Waals surface area (Å²) in [5, 5.41) is 8.77. The number of aromatic nitrogens is 1.